The average Bonchev–Trinajstić information content (AvgIpc) is 2.75. The first kappa shape index (κ1) is 20.1. The highest BCUT2D eigenvalue weighted by Crippen LogP contribution is 2.17. The summed E-state index contributed by atoms with van der Waals surface area (Å²) in [5.74, 6) is 0.443. The smallest absolute Gasteiger partial charge is 0.255 e. The Kier molecular flexibility index (Phi) is 6.95. The molecule has 2 amide bonds. The van der Waals surface area contributed by atoms with E-state index in [4.69, 9.17) is 4.74 Å². The SMILES string of the molecule is CCOc1ccc(NC(=O)c2ccc(NC(=O)CCc3ccccn3)cc2)cc1. The van der Waals surface area contributed by atoms with E-state index in [9.17, 15) is 9.59 Å². The fourth-order valence-corrected chi connectivity index (χ4v) is 2.72. The summed E-state index contributed by atoms with van der Waals surface area (Å²) >= 11 is 0. The van der Waals surface area contributed by atoms with Crippen LogP contribution < -0.4 is 15.4 Å². The third kappa shape index (κ3) is 6.17. The Hall–Kier alpha value is -3.67. The molecule has 6 heteroatoms. The lowest BCUT2D eigenvalue weighted by atomic mass is 10.1. The number of aromatic nitrogens is 1. The van der Waals surface area contributed by atoms with Crippen LogP contribution in [0.1, 0.15) is 29.4 Å². The minimum atomic E-state index is -0.220. The lowest BCUT2D eigenvalue weighted by Gasteiger charge is -2.09. The van der Waals surface area contributed by atoms with Crippen LogP contribution in [-0.2, 0) is 11.2 Å². The van der Waals surface area contributed by atoms with Gasteiger partial charge in [-0.3, -0.25) is 14.6 Å². The number of nitrogens with one attached hydrogen (secondary N) is 2. The number of pyridine rings is 1. The van der Waals surface area contributed by atoms with E-state index >= 15 is 0 Å². The second-order valence-corrected chi connectivity index (χ2v) is 6.36. The van der Waals surface area contributed by atoms with Crippen LogP contribution in [0.15, 0.2) is 72.9 Å². The molecule has 0 aliphatic carbocycles. The Morgan fingerprint density at radius 2 is 1.59 bits per heavy atom. The van der Waals surface area contributed by atoms with Crippen LogP contribution in [0.5, 0.6) is 5.75 Å². The highest BCUT2D eigenvalue weighted by Gasteiger charge is 2.08. The fraction of sp³-hybridized carbons (Fsp3) is 0.174. The van der Waals surface area contributed by atoms with Gasteiger partial charge in [0.25, 0.3) is 5.91 Å². The molecule has 0 aliphatic heterocycles. The summed E-state index contributed by atoms with van der Waals surface area (Å²) in [7, 11) is 0. The first-order valence-electron chi connectivity index (χ1n) is 9.48. The molecule has 0 bridgehead atoms. The molecule has 1 heterocycles. The van der Waals surface area contributed by atoms with Gasteiger partial charge in [0.15, 0.2) is 0 Å². The summed E-state index contributed by atoms with van der Waals surface area (Å²) in [6, 6.07) is 19.6. The van der Waals surface area contributed by atoms with Crippen molar-refractivity contribution >= 4 is 23.2 Å². The predicted octanol–water partition coefficient (Wildman–Crippen LogP) is 4.30. The highest BCUT2D eigenvalue weighted by atomic mass is 16.5. The minimum absolute atomic E-state index is 0.0951. The van der Waals surface area contributed by atoms with E-state index in [0.29, 0.717) is 36.4 Å². The van der Waals surface area contributed by atoms with E-state index < -0.39 is 0 Å². The monoisotopic (exact) mass is 389 g/mol. The summed E-state index contributed by atoms with van der Waals surface area (Å²) in [6.45, 7) is 2.51. The summed E-state index contributed by atoms with van der Waals surface area (Å²) < 4.78 is 5.39. The maximum Gasteiger partial charge on any atom is 0.255 e. The first-order chi connectivity index (χ1) is 14.1. The largest absolute Gasteiger partial charge is 0.494 e. The first-order valence-corrected chi connectivity index (χ1v) is 9.48. The summed E-state index contributed by atoms with van der Waals surface area (Å²) in [4.78, 5) is 28.7. The molecule has 1 aromatic heterocycles. The zero-order valence-corrected chi connectivity index (χ0v) is 16.2. The Morgan fingerprint density at radius 1 is 0.897 bits per heavy atom. The van der Waals surface area contributed by atoms with Crippen molar-refractivity contribution in [3.8, 4) is 5.75 Å². The molecule has 148 valence electrons. The van der Waals surface area contributed by atoms with Crippen LogP contribution in [0, 0.1) is 0 Å². The fourth-order valence-electron chi connectivity index (χ4n) is 2.72. The van der Waals surface area contributed by atoms with E-state index in [1.54, 1.807) is 42.6 Å². The third-order valence-corrected chi connectivity index (χ3v) is 4.19. The van der Waals surface area contributed by atoms with Crippen molar-refractivity contribution in [1.29, 1.82) is 0 Å². The maximum absolute atomic E-state index is 12.4. The van der Waals surface area contributed by atoms with Crippen molar-refractivity contribution in [1.82, 2.24) is 4.98 Å². The molecule has 0 aliphatic rings. The molecule has 2 aromatic carbocycles. The van der Waals surface area contributed by atoms with Crippen molar-refractivity contribution in [3.63, 3.8) is 0 Å². The summed E-state index contributed by atoms with van der Waals surface area (Å²) in [5.41, 5.74) is 2.72. The summed E-state index contributed by atoms with van der Waals surface area (Å²) in [6.07, 6.45) is 2.64. The molecular formula is C23H23N3O3. The van der Waals surface area contributed by atoms with Crippen molar-refractivity contribution in [2.24, 2.45) is 0 Å². The summed E-state index contributed by atoms with van der Waals surface area (Å²) in [5, 5.41) is 5.67. The number of amides is 2. The van der Waals surface area contributed by atoms with Crippen molar-refractivity contribution < 1.29 is 14.3 Å². The van der Waals surface area contributed by atoms with Gasteiger partial charge in [-0.05, 0) is 74.0 Å². The Labute approximate surface area is 169 Å². The number of carbonyl (C=O) groups excluding carboxylic acids is 2. The number of ether oxygens (including phenoxy) is 1. The van der Waals surface area contributed by atoms with Gasteiger partial charge in [0.2, 0.25) is 5.91 Å². The van der Waals surface area contributed by atoms with Gasteiger partial charge in [-0.1, -0.05) is 6.07 Å². The molecule has 3 aromatic rings. The number of carbonyl (C=O) groups is 2. The zero-order chi connectivity index (χ0) is 20.5. The average molecular weight is 389 g/mol. The molecular weight excluding hydrogens is 366 g/mol. The maximum atomic E-state index is 12.4. The van der Waals surface area contributed by atoms with Crippen LogP contribution in [0.3, 0.4) is 0 Å². The van der Waals surface area contributed by atoms with Gasteiger partial charge >= 0.3 is 0 Å². The number of benzene rings is 2. The van der Waals surface area contributed by atoms with Crippen LogP contribution >= 0.6 is 0 Å². The topological polar surface area (TPSA) is 80.3 Å². The molecule has 2 N–H and O–H groups in total. The van der Waals surface area contributed by atoms with Crippen molar-refractivity contribution in [2.45, 2.75) is 19.8 Å². The van der Waals surface area contributed by atoms with E-state index in [1.807, 2.05) is 37.3 Å². The van der Waals surface area contributed by atoms with Gasteiger partial charge < -0.3 is 15.4 Å². The second kappa shape index (κ2) is 10.0. The number of aryl methyl sites for hydroxylation is 1. The Bertz CT molecular complexity index is 939. The molecule has 0 saturated heterocycles. The number of hydrogen-bond donors (Lipinski definition) is 2. The van der Waals surface area contributed by atoms with Crippen molar-refractivity contribution in [2.75, 3.05) is 17.2 Å². The number of hydrogen-bond acceptors (Lipinski definition) is 4. The number of rotatable bonds is 8. The minimum Gasteiger partial charge on any atom is -0.494 e. The van der Waals surface area contributed by atoms with Crippen LogP contribution in [0.25, 0.3) is 0 Å². The predicted molar refractivity (Wildman–Crippen MR) is 113 cm³/mol. The van der Waals surface area contributed by atoms with Gasteiger partial charge in [-0.15, -0.1) is 0 Å². The van der Waals surface area contributed by atoms with E-state index in [-0.39, 0.29) is 11.8 Å². The van der Waals surface area contributed by atoms with Crippen LogP contribution in [0.4, 0.5) is 11.4 Å². The van der Waals surface area contributed by atoms with Gasteiger partial charge in [0.05, 0.1) is 6.61 Å². The van der Waals surface area contributed by atoms with Crippen LogP contribution in [0.2, 0.25) is 0 Å². The molecule has 29 heavy (non-hydrogen) atoms. The van der Waals surface area contributed by atoms with Gasteiger partial charge in [0.1, 0.15) is 5.75 Å². The van der Waals surface area contributed by atoms with Gasteiger partial charge in [-0.2, -0.15) is 0 Å². The van der Waals surface area contributed by atoms with Crippen LogP contribution in [-0.4, -0.2) is 23.4 Å². The molecule has 0 saturated carbocycles. The van der Waals surface area contributed by atoms with Gasteiger partial charge in [0, 0.05) is 35.2 Å². The molecule has 0 spiro atoms. The highest BCUT2D eigenvalue weighted by molar-refractivity contribution is 6.04. The Morgan fingerprint density at radius 3 is 2.24 bits per heavy atom. The lowest BCUT2D eigenvalue weighted by molar-refractivity contribution is -0.116. The number of anilines is 2. The third-order valence-electron chi connectivity index (χ3n) is 4.19. The molecule has 0 fully saturated rings. The quantitative estimate of drug-likeness (QED) is 0.602. The molecule has 6 nitrogen and oxygen atoms in total. The molecule has 3 rings (SSSR count). The Balaban J connectivity index is 1.51. The van der Waals surface area contributed by atoms with Gasteiger partial charge in [-0.25, -0.2) is 0 Å². The van der Waals surface area contributed by atoms with E-state index in [1.165, 1.54) is 0 Å². The van der Waals surface area contributed by atoms with E-state index in [0.717, 1.165) is 11.4 Å². The van der Waals surface area contributed by atoms with Crippen molar-refractivity contribution in [3.05, 3.63) is 84.2 Å². The normalized spacial score (nSPS) is 10.2. The molecule has 0 radical (unpaired) electrons. The lowest BCUT2D eigenvalue weighted by Crippen LogP contribution is -2.14. The molecule has 0 unspecified atom stereocenters. The molecule has 0 atom stereocenters. The second-order valence-electron chi connectivity index (χ2n) is 6.36. The number of nitrogens with zero attached hydrogens (tertiary/aromatic N) is 1. The standard InChI is InChI=1S/C23H23N3O3/c1-2-29-21-13-10-20(11-14-21)26-23(28)17-6-8-19(9-7-17)25-22(27)15-12-18-5-3-4-16-24-18/h3-11,13-14,16H,2,12,15H2,1H3,(H,25,27)(H,26,28). The zero-order valence-electron chi connectivity index (χ0n) is 16.2. The van der Waals surface area contributed by atoms with E-state index in [2.05, 4.69) is 15.6 Å².